The molecule has 17 heavy (non-hydrogen) atoms. The molecule has 88 valence electrons. The Morgan fingerprint density at radius 3 is 1.53 bits per heavy atom. The third-order valence-corrected chi connectivity index (χ3v) is 2.80. The molecule has 0 atom stereocenters. The van der Waals surface area contributed by atoms with Crippen LogP contribution in [0.5, 0.6) is 0 Å². The highest BCUT2D eigenvalue weighted by molar-refractivity contribution is 5.36. The number of rotatable bonds is 2. The lowest BCUT2D eigenvalue weighted by Crippen LogP contribution is -2.25. The quantitative estimate of drug-likeness (QED) is 0.845. The lowest BCUT2D eigenvalue weighted by atomic mass is 9.87. The molecule has 0 saturated heterocycles. The topological polar surface area (TPSA) is 20.2 Å². The van der Waals surface area contributed by atoms with Gasteiger partial charge in [0.05, 0.1) is 0 Å². The molecule has 0 fully saturated rings. The molecule has 2 rings (SSSR count). The van der Waals surface area contributed by atoms with Crippen molar-refractivity contribution in [2.24, 2.45) is 0 Å². The monoisotopic (exact) mass is 234 g/mol. The van der Waals surface area contributed by atoms with Gasteiger partial charge in [0.25, 0.3) is 0 Å². The first kappa shape index (κ1) is 11.7. The van der Waals surface area contributed by atoms with Crippen LogP contribution in [0.1, 0.15) is 18.1 Å². The first-order valence-electron chi connectivity index (χ1n) is 5.26. The Kier molecular flexibility index (Phi) is 2.94. The second kappa shape index (κ2) is 4.26. The van der Waals surface area contributed by atoms with Crippen LogP contribution in [0.25, 0.3) is 0 Å². The number of hydrogen-bond acceptors (Lipinski definition) is 1. The molecule has 0 saturated carbocycles. The van der Waals surface area contributed by atoms with Gasteiger partial charge in [0.1, 0.15) is 17.2 Å². The zero-order valence-electron chi connectivity index (χ0n) is 9.32. The zero-order valence-corrected chi connectivity index (χ0v) is 9.32. The lowest BCUT2D eigenvalue weighted by molar-refractivity contribution is 0.0938. The largest absolute Gasteiger partial charge is 0.380 e. The van der Waals surface area contributed by atoms with E-state index in [1.165, 1.54) is 43.3 Å². The second-order valence-electron chi connectivity index (χ2n) is 4.03. The highest BCUT2D eigenvalue weighted by Gasteiger charge is 2.30. The summed E-state index contributed by atoms with van der Waals surface area (Å²) < 4.78 is 27.2. The van der Waals surface area contributed by atoms with E-state index in [0.717, 1.165) is 0 Å². The van der Waals surface area contributed by atoms with Gasteiger partial charge in [-0.05, 0) is 19.1 Å². The predicted molar refractivity (Wildman–Crippen MR) is 61.5 cm³/mol. The highest BCUT2D eigenvalue weighted by atomic mass is 19.1. The van der Waals surface area contributed by atoms with Crippen molar-refractivity contribution in [3.05, 3.63) is 71.3 Å². The molecule has 0 amide bonds. The smallest absolute Gasteiger partial charge is 0.129 e. The van der Waals surface area contributed by atoms with E-state index in [1.54, 1.807) is 12.1 Å². The Labute approximate surface area is 98.3 Å². The summed E-state index contributed by atoms with van der Waals surface area (Å²) in [7, 11) is 0. The van der Waals surface area contributed by atoms with E-state index in [4.69, 9.17) is 0 Å². The summed E-state index contributed by atoms with van der Waals surface area (Å²) in [5.74, 6) is -1.11. The number of halogens is 2. The third kappa shape index (κ3) is 2.06. The van der Waals surface area contributed by atoms with Gasteiger partial charge in [-0.25, -0.2) is 8.78 Å². The van der Waals surface area contributed by atoms with Crippen LogP contribution in [0, 0.1) is 11.6 Å². The van der Waals surface area contributed by atoms with Gasteiger partial charge in [0.15, 0.2) is 0 Å². The molecule has 2 aromatic rings. The average Bonchev–Trinajstić information content (AvgIpc) is 2.29. The fraction of sp³-hybridized carbons (Fsp3) is 0.143. The van der Waals surface area contributed by atoms with E-state index in [1.807, 2.05) is 0 Å². The Bertz CT molecular complexity index is 488. The molecule has 3 heteroatoms. The summed E-state index contributed by atoms with van der Waals surface area (Å²) in [5, 5.41) is 10.3. The Morgan fingerprint density at radius 1 is 0.824 bits per heavy atom. The molecule has 0 aliphatic heterocycles. The average molecular weight is 234 g/mol. The van der Waals surface area contributed by atoms with E-state index >= 15 is 0 Å². The molecule has 1 nitrogen and oxygen atoms in total. The molecular weight excluding hydrogens is 222 g/mol. The minimum absolute atomic E-state index is 0.0603. The van der Waals surface area contributed by atoms with Crippen molar-refractivity contribution in [1.29, 1.82) is 0 Å². The zero-order chi connectivity index (χ0) is 12.5. The third-order valence-electron chi connectivity index (χ3n) is 2.80. The van der Waals surface area contributed by atoms with Crippen molar-refractivity contribution in [3.8, 4) is 0 Å². The van der Waals surface area contributed by atoms with E-state index < -0.39 is 17.2 Å². The normalized spacial score (nSPS) is 11.5. The molecule has 0 heterocycles. The van der Waals surface area contributed by atoms with Crippen LogP contribution in [-0.2, 0) is 5.60 Å². The maximum absolute atomic E-state index is 13.6. The van der Waals surface area contributed by atoms with Gasteiger partial charge in [0.2, 0.25) is 0 Å². The Balaban J connectivity index is 2.58. The van der Waals surface area contributed by atoms with Crippen LogP contribution in [0.15, 0.2) is 48.5 Å². The van der Waals surface area contributed by atoms with Crippen molar-refractivity contribution in [1.82, 2.24) is 0 Å². The van der Waals surface area contributed by atoms with E-state index in [-0.39, 0.29) is 11.1 Å². The maximum atomic E-state index is 13.6. The van der Waals surface area contributed by atoms with Crippen LogP contribution < -0.4 is 0 Å². The van der Waals surface area contributed by atoms with Gasteiger partial charge >= 0.3 is 0 Å². The summed E-state index contributed by atoms with van der Waals surface area (Å²) in [6.45, 7) is 1.38. The van der Waals surface area contributed by atoms with Crippen LogP contribution in [0.3, 0.4) is 0 Å². The lowest BCUT2D eigenvalue weighted by Gasteiger charge is -2.25. The summed E-state index contributed by atoms with van der Waals surface area (Å²) in [5.41, 5.74) is -1.56. The van der Waals surface area contributed by atoms with Gasteiger partial charge in [-0.3, -0.25) is 0 Å². The molecule has 0 unspecified atom stereocenters. The minimum Gasteiger partial charge on any atom is -0.380 e. The van der Waals surface area contributed by atoms with Gasteiger partial charge < -0.3 is 5.11 Å². The predicted octanol–water partition coefficient (Wildman–Crippen LogP) is 3.22. The summed E-state index contributed by atoms with van der Waals surface area (Å²) in [6, 6.07) is 11.6. The van der Waals surface area contributed by atoms with E-state index in [0.29, 0.717) is 0 Å². The molecule has 0 spiro atoms. The molecule has 1 N–H and O–H groups in total. The van der Waals surface area contributed by atoms with Crippen molar-refractivity contribution in [2.75, 3.05) is 0 Å². The standard InChI is InChI=1S/C14H12F2O/c1-14(17,10-6-2-4-8-12(10)15)11-7-3-5-9-13(11)16/h2-9,17H,1H3. The second-order valence-corrected chi connectivity index (χ2v) is 4.03. The summed E-state index contributed by atoms with van der Waals surface area (Å²) in [4.78, 5) is 0. The van der Waals surface area contributed by atoms with Crippen molar-refractivity contribution >= 4 is 0 Å². The molecule has 0 aromatic heterocycles. The van der Waals surface area contributed by atoms with Crippen molar-refractivity contribution in [3.63, 3.8) is 0 Å². The Morgan fingerprint density at radius 2 is 1.18 bits per heavy atom. The summed E-state index contributed by atoms with van der Waals surface area (Å²) >= 11 is 0. The molecular formula is C14H12F2O. The fourth-order valence-corrected chi connectivity index (χ4v) is 1.86. The van der Waals surface area contributed by atoms with Gasteiger partial charge in [0, 0.05) is 11.1 Å². The minimum atomic E-state index is -1.68. The van der Waals surface area contributed by atoms with Crippen LogP contribution in [-0.4, -0.2) is 5.11 Å². The number of hydrogen-bond donors (Lipinski definition) is 1. The van der Waals surface area contributed by atoms with Gasteiger partial charge in [-0.1, -0.05) is 36.4 Å². The molecule has 0 aliphatic carbocycles. The number of benzene rings is 2. The van der Waals surface area contributed by atoms with E-state index in [2.05, 4.69) is 0 Å². The molecule has 0 aliphatic rings. The molecule has 0 bridgehead atoms. The maximum Gasteiger partial charge on any atom is 0.129 e. The fourth-order valence-electron chi connectivity index (χ4n) is 1.86. The number of aliphatic hydroxyl groups is 1. The van der Waals surface area contributed by atoms with Crippen LogP contribution >= 0.6 is 0 Å². The van der Waals surface area contributed by atoms with Crippen molar-refractivity contribution < 1.29 is 13.9 Å². The van der Waals surface area contributed by atoms with Crippen LogP contribution in [0.2, 0.25) is 0 Å². The van der Waals surface area contributed by atoms with Gasteiger partial charge in [-0.15, -0.1) is 0 Å². The SMILES string of the molecule is CC(O)(c1ccccc1F)c1ccccc1F. The van der Waals surface area contributed by atoms with Crippen molar-refractivity contribution in [2.45, 2.75) is 12.5 Å². The Hall–Kier alpha value is -1.74. The molecule has 2 aromatic carbocycles. The first-order valence-corrected chi connectivity index (χ1v) is 5.26. The first-order chi connectivity index (χ1) is 8.03. The summed E-state index contributed by atoms with van der Waals surface area (Å²) in [6.07, 6.45) is 0. The molecule has 0 radical (unpaired) electrons. The highest BCUT2D eigenvalue weighted by Crippen LogP contribution is 2.32. The van der Waals surface area contributed by atoms with E-state index in [9.17, 15) is 13.9 Å². The van der Waals surface area contributed by atoms with Crippen LogP contribution in [0.4, 0.5) is 8.78 Å². The van der Waals surface area contributed by atoms with Gasteiger partial charge in [-0.2, -0.15) is 0 Å².